The van der Waals surface area contributed by atoms with E-state index in [0.29, 0.717) is 0 Å². The van der Waals surface area contributed by atoms with Crippen LogP contribution in [0.1, 0.15) is 12.8 Å². The summed E-state index contributed by atoms with van der Waals surface area (Å²) in [4.78, 5) is 23.0. The molecular weight excluding hydrogens is 284 g/mol. The Morgan fingerprint density at radius 1 is 1.40 bits per heavy atom. The van der Waals surface area contributed by atoms with E-state index in [4.69, 9.17) is 0 Å². The van der Waals surface area contributed by atoms with Gasteiger partial charge in [0.2, 0.25) is 10.0 Å². The summed E-state index contributed by atoms with van der Waals surface area (Å²) >= 11 is 0. The predicted molar refractivity (Wildman–Crippen MR) is 73.1 cm³/mol. The largest absolute Gasteiger partial charge is 0.330 e. The lowest BCUT2D eigenvalue weighted by Crippen LogP contribution is -2.43. The molecule has 1 aromatic rings. The first-order valence-corrected chi connectivity index (χ1v) is 7.81. The van der Waals surface area contributed by atoms with Crippen LogP contribution >= 0.6 is 0 Å². The highest BCUT2D eigenvalue weighted by Gasteiger charge is 2.23. The number of aryl methyl sites for hydroxylation is 1. The standard InChI is InChI=1S/C11H18N4O4S/c1-14-7-9(10(16)15(2)11(14)17)20(18,19)13-6-8-4-3-5-12-8/h7-8,12-13H,3-6H2,1-2H3. The summed E-state index contributed by atoms with van der Waals surface area (Å²) in [6, 6.07) is 0.0844. The van der Waals surface area contributed by atoms with Crippen molar-refractivity contribution in [1.82, 2.24) is 19.2 Å². The van der Waals surface area contributed by atoms with Gasteiger partial charge in [0.15, 0.2) is 4.90 Å². The van der Waals surface area contributed by atoms with Crippen molar-refractivity contribution in [2.24, 2.45) is 14.1 Å². The molecule has 0 amide bonds. The zero-order chi connectivity index (χ0) is 14.9. The van der Waals surface area contributed by atoms with Crippen LogP contribution in [0.15, 0.2) is 20.7 Å². The zero-order valence-electron chi connectivity index (χ0n) is 11.4. The summed E-state index contributed by atoms with van der Waals surface area (Å²) < 4.78 is 28.6. The number of rotatable bonds is 4. The Bertz CT molecular complexity index is 713. The summed E-state index contributed by atoms with van der Waals surface area (Å²) in [5.74, 6) is 0. The van der Waals surface area contributed by atoms with Crippen molar-refractivity contribution < 1.29 is 8.42 Å². The Labute approximate surface area is 116 Å². The highest BCUT2D eigenvalue weighted by Crippen LogP contribution is 2.05. The van der Waals surface area contributed by atoms with Crippen LogP contribution in [0.25, 0.3) is 0 Å². The first-order valence-electron chi connectivity index (χ1n) is 6.32. The molecule has 1 saturated heterocycles. The molecule has 1 aromatic heterocycles. The van der Waals surface area contributed by atoms with Crippen LogP contribution in [-0.2, 0) is 24.1 Å². The third-order valence-corrected chi connectivity index (χ3v) is 4.79. The van der Waals surface area contributed by atoms with Gasteiger partial charge in [0.1, 0.15) is 0 Å². The van der Waals surface area contributed by atoms with Crippen LogP contribution in [0.3, 0.4) is 0 Å². The highest BCUT2D eigenvalue weighted by atomic mass is 32.2. The quantitative estimate of drug-likeness (QED) is 0.677. The van der Waals surface area contributed by atoms with E-state index in [1.807, 2.05) is 0 Å². The first kappa shape index (κ1) is 14.9. The maximum absolute atomic E-state index is 12.2. The second-order valence-corrected chi connectivity index (χ2v) is 6.63. The highest BCUT2D eigenvalue weighted by molar-refractivity contribution is 7.89. The van der Waals surface area contributed by atoms with Gasteiger partial charge in [-0.05, 0) is 19.4 Å². The van der Waals surface area contributed by atoms with E-state index in [1.54, 1.807) is 0 Å². The maximum Gasteiger partial charge on any atom is 0.330 e. The van der Waals surface area contributed by atoms with E-state index >= 15 is 0 Å². The molecule has 0 spiro atoms. The first-order chi connectivity index (χ1) is 9.33. The molecule has 1 atom stereocenters. The SMILES string of the molecule is Cn1cc(S(=O)(=O)NCC2CCCN2)c(=O)n(C)c1=O. The number of sulfonamides is 1. The van der Waals surface area contributed by atoms with E-state index in [-0.39, 0.29) is 12.6 Å². The van der Waals surface area contributed by atoms with E-state index < -0.39 is 26.2 Å². The Hall–Kier alpha value is -1.45. The zero-order valence-corrected chi connectivity index (χ0v) is 12.2. The van der Waals surface area contributed by atoms with E-state index in [0.717, 1.165) is 34.7 Å². The van der Waals surface area contributed by atoms with E-state index in [2.05, 4.69) is 10.0 Å². The molecule has 0 bridgehead atoms. The monoisotopic (exact) mass is 302 g/mol. The summed E-state index contributed by atoms with van der Waals surface area (Å²) in [6.07, 6.45) is 2.96. The lowest BCUT2D eigenvalue weighted by molar-refractivity contribution is 0.546. The number of hydrogen-bond donors (Lipinski definition) is 2. The molecule has 2 N–H and O–H groups in total. The second-order valence-electron chi connectivity index (χ2n) is 4.90. The molecule has 0 aliphatic carbocycles. The fourth-order valence-electron chi connectivity index (χ4n) is 2.18. The van der Waals surface area contributed by atoms with Crippen molar-refractivity contribution in [2.45, 2.75) is 23.8 Å². The molecule has 9 heteroatoms. The normalized spacial score (nSPS) is 19.4. The number of aromatic nitrogens is 2. The van der Waals surface area contributed by atoms with Gasteiger partial charge in [0.05, 0.1) is 0 Å². The van der Waals surface area contributed by atoms with Gasteiger partial charge in [-0.25, -0.2) is 17.9 Å². The van der Waals surface area contributed by atoms with Gasteiger partial charge in [-0.3, -0.25) is 9.36 Å². The lowest BCUT2D eigenvalue weighted by atomic mass is 10.2. The number of nitrogens with one attached hydrogen (secondary N) is 2. The van der Waals surface area contributed by atoms with Crippen molar-refractivity contribution in [3.05, 3.63) is 27.0 Å². The average molecular weight is 302 g/mol. The molecule has 1 aliphatic heterocycles. The van der Waals surface area contributed by atoms with Crippen LogP contribution in [0, 0.1) is 0 Å². The van der Waals surface area contributed by atoms with Gasteiger partial charge in [0.25, 0.3) is 5.56 Å². The molecule has 2 heterocycles. The van der Waals surface area contributed by atoms with Crippen LogP contribution in [0.4, 0.5) is 0 Å². The molecule has 0 aromatic carbocycles. The van der Waals surface area contributed by atoms with Crippen LogP contribution in [0.2, 0.25) is 0 Å². The van der Waals surface area contributed by atoms with Gasteiger partial charge in [0, 0.05) is 32.9 Å². The lowest BCUT2D eigenvalue weighted by Gasteiger charge is -2.12. The third-order valence-electron chi connectivity index (χ3n) is 3.39. The Balaban J connectivity index is 2.30. The Morgan fingerprint density at radius 2 is 2.10 bits per heavy atom. The smallest absolute Gasteiger partial charge is 0.313 e. The van der Waals surface area contributed by atoms with Crippen LogP contribution in [0.5, 0.6) is 0 Å². The molecule has 112 valence electrons. The minimum Gasteiger partial charge on any atom is -0.313 e. The van der Waals surface area contributed by atoms with Crippen LogP contribution in [-0.4, -0.2) is 36.7 Å². The van der Waals surface area contributed by atoms with Crippen molar-refractivity contribution >= 4 is 10.0 Å². The number of nitrogens with zero attached hydrogens (tertiary/aromatic N) is 2. The minimum atomic E-state index is -3.92. The second kappa shape index (κ2) is 5.51. The van der Waals surface area contributed by atoms with Crippen molar-refractivity contribution in [2.75, 3.05) is 13.1 Å². The molecule has 1 unspecified atom stereocenters. The molecule has 1 aliphatic rings. The van der Waals surface area contributed by atoms with Crippen LogP contribution < -0.4 is 21.3 Å². The van der Waals surface area contributed by atoms with Crippen molar-refractivity contribution in [3.8, 4) is 0 Å². The van der Waals surface area contributed by atoms with Gasteiger partial charge >= 0.3 is 5.69 Å². The van der Waals surface area contributed by atoms with Crippen molar-refractivity contribution in [3.63, 3.8) is 0 Å². The molecule has 2 rings (SSSR count). The molecule has 0 radical (unpaired) electrons. The van der Waals surface area contributed by atoms with Crippen molar-refractivity contribution in [1.29, 1.82) is 0 Å². The average Bonchev–Trinajstić information content (AvgIpc) is 2.91. The molecule has 8 nitrogen and oxygen atoms in total. The van der Waals surface area contributed by atoms with E-state index in [1.165, 1.54) is 14.1 Å². The molecule has 0 saturated carbocycles. The summed E-state index contributed by atoms with van der Waals surface area (Å²) in [5, 5.41) is 3.16. The van der Waals surface area contributed by atoms with Gasteiger partial charge in [-0.15, -0.1) is 0 Å². The van der Waals surface area contributed by atoms with Gasteiger partial charge in [-0.1, -0.05) is 0 Å². The topological polar surface area (TPSA) is 102 Å². The summed E-state index contributed by atoms with van der Waals surface area (Å²) in [7, 11) is -1.27. The molecule has 20 heavy (non-hydrogen) atoms. The summed E-state index contributed by atoms with van der Waals surface area (Å²) in [6.45, 7) is 1.10. The maximum atomic E-state index is 12.2. The Morgan fingerprint density at radius 3 is 2.70 bits per heavy atom. The molecule has 1 fully saturated rings. The van der Waals surface area contributed by atoms with Gasteiger partial charge < -0.3 is 9.88 Å². The fraction of sp³-hybridized carbons (Fsp3) is 0.636. The minimum absolute atomic E-state index is 0.0844. The number of hydrogen-bond acceptors (Lipinski definition) is 5. The molecular formula is C11H18N4O4S. The summed E-state index contributed by atoms with van der Waals surface area (Å²) in [5.41, 5.74) is -1.38. The Kier molecular flexibility index (Phi) is 4.11. The third kappa shape index (κ3) is 2.84. The fourth-order valence-corrected chi connectivity index (χ4v) is 3.42. The van der Waals surface area contributed by atoms with E-state index in [9.17, 15) is 18.0 Å². The predicted octanol–water partition coefficient (Wildman–Crippen LogP) is -1.89. The van der Waals surface area contributed by atoms with Gasteiger partial charge in [-0.2, -0.15) is 0 Å².